The number of rotatable bonds is 3. The van der Waals surface area contributed by atoms with Crippen molar-refractivity contribution in [3.05, 3.63) is 27.1 Å². The van der Waals surface area contributed by atoms with Gasteiger partial charge in [-0.1, -0.05) is 35.3 Å². The fourth-order valence-corrected chi connectivity index (χ4v) is 2.74. The Hall–Kier alpha value is -1.32. The molecule has 1 aromatic rings. The Labute approximate surface area is 109 Å². The quantitative estimate of drug-likeness (QED) is 0.367. The van der Waals surface area contributed by atoms with Crippen LogP contribution in [0.3, 0.4) is 0 Å². The molecule has 0 spiro atoms. The third-order valence-electron chi connectivity index (χ3n) is 1.82. The Bertz CT molecular complexity index is 509. The second kappa shape index (κ2) is 4.90. The predicted octanol–water partition coefficient (Wildman–Crippen LogP) is 1.85. The van der Waals surface area contributed by atoms with E-state index in [0.717, 1.165) is 16.3 Å². The Morgan fingerprint density at radius 3 is 2.88 bits per heavy atom. The van der Waals surface area contributed by atoms with Gasteiger partial charge in [-0.3, -0.25) is 14.9 Å². The lowest BCUT2D eigenvalue weighted by atomic mass is 10.5. The van der Waals surface area contributed by atoms with Crippen molar-refractivity contribution >= 4 is 56.8 Å². The van der Waals surface area contributed by atoms with Gasteiger partial charge in [0.25, 0.3) is 5.91 Å². The summed E-state index contributed by atoms with van der Waals surface area (Å²) in [4.78, 5) is 21.9. The molecule has 0 N–H and O–H groups in total. The molecule has 0 bridgehead atoms. The van der Waals surface area contributed by atoms with Crippen LogP contribution in [0.4, 0.5) is 5.00 Å². The summed E-state index contributed by atoms with van der Waals surface area (Å²) in [5.74, 6) is 0.114. The van der Waals surface area contributed by atoms with E-state index in [4.69, 9.17) is 12.2 Å². The third-order valence-corrected chi connectivity index (χ3v) is 4.13. The van der Waals surface area contributed by atoms with Crippen molar-refractivity contribution in [1.82, 2.24) is 5.01 Å². The van der Waals surface area contributed by atoms with Crippen LogP contribution in [0.5, 0.6) is 0 Å². The number of hydrogen-bond donors (Lipinski definition) is 0. The molecule has 0 atom stereocenters. The normalized spacial score (nSPS) is 16.1. The fraction of sp³-hybridized carbons (Fsp3) is 0.125. The number of nitrogens with zero attached hydrogens (tertiary/aromatic N) is 3. The lowest BCUT2D eigenvalue weighted by Crippen LogP contribution is -2.22. The molecule has 88 valence electrons. The first kappa shape index (κ1) is 12.1. The minimum absolute atomic E-state index is 0.0381. The van der Waals surface area contributed by atoms with Gasteiger partial charge in [0.2, 0.25) is 0 Å². The maximum atomic E-state index is 11.3. The van der Waals surface area contributed by atoms with Crippen LogP contribution in [0.25, 0.3) is 0 Å². The van der Waals surface area contributed by atoms with Crippen LogP contribution in [0.15, 0.2) is 17.2 Å². The number of nitro groups is 1. The molecule has 2 rings (SSSR count). The van der Waals surface area contributed by atoms with Gasteiger partial charge in [-0.05, 0) is 6.07 Å². The third kappa shape index (κ3) is 2.68. The SMILES string of the molecule is O=C1CSC(=S)N1/N=C\c1ccc([N+](=O)[O-])s1. The van der Waals surface area contributed by atoms with Gasteiger partial charge >= 0.3 is 5.00 Å². The molecule has 6 nitrogen and oxygen atoms in total. The number of thiocarbonyl (C=S) groups is 1. The van der Waals surface area contributed by atoms with E-state index in [-0.39, 0.29) is 10.9 Å². The molecular weight excluding hydrogens is 282 g/mol. The highest BCUT2D eigenvalue weighted by atomic mass is 32.2. The van der Waals surface area contributed by atoms with Gasteiger partial charge in [-0.25, -0.2) is 0 Å². The highest BCUT2D eigenvalue weighted by Crippen LogP contribution is 2.23. The van der Waals surface area contributed by atoms with Crippen LogP contribution in [0.1, 0.15) is 4.88 Å². The van der Waals surface area contributed by atoms with E-state index in [1.54, 1.807) is 6.07 Å². The van der Waals surface area contributed by atoms with Crippen LogP contribution in [0.2, 0.25) is 0 Å². The first-order valence-corrected chi connectivity index (χ1v) is 6.57. The molecule has 0 aromatic carbocycles. The summed E-state index contributed by atoms with van der Waals surface area (Å²) in [6.45, 7) is 0. The van der Waals surface area contributed by atoms with Crippen molar-refractivity contribution in [2.75, 3.05) is 5.75 Å². The number of carbonyl (C=O) groups excluding carboxylic acids is 1. The Balaban J connectivity index is 2.12. The molecule has 1 amide bonds. The molecule has 1 saturated heterocycles. The van der Waals surface area contributed by atoms with E-state index >= 15 is 0 Å². The minimum Gasteiger partial charge on any atom is -0.272 e. The molecular formula is C8H5N3O3S3. The van der Waals surface area contributed by atoms with Crippen molar-refractivity contribution in [3.8, 4) is 0 Å². The fourth-order valence-electron chi connectivity index (χ4n) is 1.08. The summed E-state index contributed by atoms with van der Waals surface area (Å²) >= 11 is 7.17. The van der Waals surface area contributed by atoms with E-state index in [2.05, 4.69) is 5.10 Å². The number of hydrazone groups is 1. The van der Waals surface area contributed by atoms with Crippen LogP contribution in [0, 0.1) is 10.1 Å². The van der Waals surface area contributed by atoms with E-state index in [1.165, 1.54) is 24.0 Å². The summed E-state index contributed by atoms with van der Waals surface area (Å²) < 4.78 is 0.400. The number of hydrogen-bond acceptors (Lipinski definition) is 7. The average molecular weight is 287 g/mol. The van der Waals surface area contributed by atoms with Crippen molar-refractivity contribution in [2.24, 2.45) is 5.10 Å². The minimum atomic E-state index is -0.469. The van der Waals surface area contributed by atoms with Gasteiger partial charge in [-0.2, -0.15) is 10.1 Å². The molecule has 0 saturated carbocycles. The second-order valence-electron chi connectivity index (χ2n) is 2.94. The average Bonchev–Trinajstić information content (AvgIpc) is 2.85. The maximum Gasteiger partial charge on any atom is 0.324 e. The number of thioether (sulfide) groups is 1. The van der Waals surface area contributed by atoms with Crippen molar-refractivity contribution < 1.29 is 9.72 Å². The zero-order valence-corrected chi connectivity index (χ0v) is 10.7. The van der Waals surface area contributed by atoms with Gasteiger partial charge in [-0.15, -0.1) is 0 Å². The summed E-state index contributed by atoms with van der Waals surface area (Å²) in [6.07, 6.45) is 1.40. The molecule has 1 fully saturated rings. The molecule has 2 heterocycles. The maximum absolute atomic E-state index is 11.3. The van der Waals surface area contributed by atoms with Crippen LogP contribution in [-0.2, 0) is 4.79 Å². The van der Waals surface area contributed by atoms with Crippen molar-refractivity contribution in [2.45, 2.75) is 0 Å². The van der Waals surface area contributed by atoms with E-state index < -0.39 is 4.92 Å². The smallest absolute Gasteiger partial charge is 0.272 e. The number of amides is 1. The monoisotopic (exact) mass is 287 g/mol. The Morgan fingerprint density at radius 2 is 2.35 bits per heavy atom. The largest absolute Gasteiger partial charge is 0.324 e. The second-order valence-corrected chi connectivity index (χ2v) is 5.64. The molecule has 17 heavy (non-hydrogen) atoms. The molecule has 1 aromatic heterocycles. The molecule has 0 aliphatic carbocycles. The van der Waals surface area contributed by atoms with E-state index in [0.29, 0.717) is 15.0 Å². The summed E-state index contributed by atoms with van der Waals surface area (Å²) in [7, 11) is 0. The van der Waals surface area contributed by atoms with Gasteiger partial charge < -0.3 is 0 Å². The summed E-state index contributed by atoms with van der Waals surface area (Å²) in [5, 5.41) is 15.5. The van der Waals surface area contributed by atoms with Gasteiger partial charge in [0.15, 0.2) is 4.32 Å². The lowest BCUT2D eigenvalue weighted by molar-refractivity contribution is -0.380. The summed E-state index contributed by atoms with van der Waals surface area (Å²) in [5.41, 5.74) is 0. The number of carbonyl (C=O) groups is 1. The van der Waals surface area contributed by atoms with Gasteiger partial charge in [0, 0.05) is 6.07 Å². The lowest BCUT2D eigenvalue weighted by Gasteiger charge is -2.05. The van der Waals surface area contributed by atoms with E-state index in [1.807, 2.05) is 0 Å². The molecule has 1 aliphatic rings. The zero-order chi connectivity index (χ0) is 12.4. The van der Waals surface area contributed by atoms with Gasteiger partial charge in [0.1, 0.15) is 0 Å². The Kier molecular flexibility index (Phi) is 3.50. The van der Waals surface area contributed by atoms with Crippen molar-refractivity contribution in [1.29, 1.82) is 0 Å². The highest BCUT2D eigenvalue weighted by molar-refractivity contribution is 8.23. The first-order valence-electron chi connectivity index (χ1n) is 4.36. The van der Waals surface area contributed by atoms with Crippen LogP contribution >= 0.6 is 35.3 Å². The first-order chi connectivity index (χ1) is 8.08. The highest BCUT2D eigenvalue weighted by Gasteiger charge is 2.26. The van der Waals surface area contributed by atoms with E-state index in [9.17, 15) is 14.9 Å². The predicted molar refractivity (Wildman–Crippen MR) is 70.5 cm³/mol. The molecule has 9 heteroatoms. The van der Waals surface area contributed by atoms with Crippen LogP contribution < -0.4 is 0 Å². The zero-order valence-electron chi connectivity index (χ0n) is 8.23. The van der Waals surface area contributed by atoms with Gasteiger partial charge in [0.05, 0.1) is 21.8 Å². The van der Waals surface area contributed by atoms with Crippen molar-refractivity contribution in [3.63, 3.8) is 0 Å². The Morgan fingerprint density at radius 1 is 1.59 bits per heavy atom. The standard InChI is InChI=1S/C8H5N3O3S3/c12-6-4-16-8(15)10(6)9-3-5-1-2-7(17-5)11(13)14/h1-3H,4H2/b9-3-. The topological polar surface area (TPSA) is 75.8 Å². The molecule has 1 aliphatic heterocycles. The summed E-state index contributed by atoms with van der Waals surface area (Å²) in [6, 6.07) is 2.97. The van der Waals surface area contributed by atoms with Crippen LogP contribution in [-0.4, -0.2) is 32.1 Å². The number of thiophene rings is 1. The molecule has 0 unspecified atom stereocenters. The molecule has 0 radical (unpaired) electrons.